The van der Waals surface area contributed by atoms with Gasteiger partial charge in [-0.2, -0.15) is 0 Å². The number of hydrogen-bond acceptors (Lipinski definition) is 2. The van der Waals surface area contributed by atoms with Gasteiger partial charge in [-0.1, -0.05) is 44.0 Å². The highest BCUT2D eigenvalue weighted by molar-refractivity contribution is 5.21. The molecule has 1 aromatic carbocycles. The number of benzene rings is 1. The summed E-state index contributed by atoms with van der Waals surface area (Å²) in [5, 5.41) is 3.33. The van der Waals surface area contributed by atoms with E-state index in [4.69, 9.17) is 4.74 Å². The summed E-state index contributed by atoms with van der Waals surface area (Å²) >= 11 is 0. The number of rotatable bonds is 7. The van der Waals surface area contributed by atoms with Gasteiger partial charge < -0.3 is 10.1 Å². The van der Waals surface area contributed by atoms with Gasteiger partial charge in [-0.15, -0.1) is 0 Å². The fourth-order valence-electron chi connectivity index (χ4n) is 2.54. The Kier molecular flexibility index (Phi) is 5.69. The van der Waals surface area contributed by atoms with Gasteiger partial charge in [-0.05, 0) is 36.4 Å². The number of nitrogens with one attached hydrogen (secondary N) is 1. The van der Waals surface area contributed by atoms with Gasteiger partial charge in [0.15, 0.2) is 0 Å². The first kappa shape index (κ1) is 13.6. The Bertz CT molecular complexity index is 327. The molecular weight excluding hydrogens is 222 g/mol. The van der Waals surface area contributed by atoms with Crippen molar-refractivity contribution in [3.05, 3.63) is 35.4 Å². The molecule has 2 heteroatoms. The van der Waals surface area contributed by atoms with E-state index in [1.54, 1.807) is 0 Å². The zero-order chi connectivity index (χ0) is 12.6. The summed E-state index contributed by atoms with van der Waals surface area (Å²) in [6.45, 7) is 5.81. The Morgan fingerprint density at radius 1 is 1.11 bits per heavy atom. The van der Waals surface area contributed by atoms with Crippen LogP contribution in [0.3, 0.4) is 0 Å². The van der Waals surface area contributed by atoms with Gasteiger partial charge in [0, 0.05) is 13.2 Å². The van der Waals surface area contributed by atoms with Gasteiger partial charge in [-0.25, -0.2) is 0 Å². The highest BCUT2D eigenvalue weighted by Gasteiger charge is 2.14. The largest absolute Gasteiger partial charge is 0.376 e. The molecule has 0 unspecified atom stereocenters. The van der Waals surface area contributed by atoms with E-state index in [1.807, 2.05) is 0 Å². The Morgan fingerprint density at radius 3 is 2.44 bits per heavy atom. The second kappa shape index (κ2) is 7.55. The molecule has 1 aromatic rings. The van der Waals surface area contributed by atoms with Crippen molar-refractivity contribution < 1.29 is 4.74 Å². The minimum absolute atomic E-state index is 0.762. The molecule has 1 saturated carbocycles. The molecule has 1 aliphatic carbocycles. The summed E-state index contributed by atoms with van der Waals surface area (Å²) in [5.74, 6) is 0.818. The molecule has 0 spiro atoms. The Morgan fingerprint density at radius 2 is 1.78 bits per heavy atom. The van der Waals surface area contributed by atoms with Crippen LogP contribution in [0.15, 0.2) is 24.3 Å². The topological polar surface area (TPSA) is 21.3 Å². The average molecular weight is 247 g/mol. The number of ether oxygens (including phenoxy) is 1. The molecule has 0 radical (unpaired) electrons. The van der Waals surface area contributed by atoms with E-state index in [0.29, 0.717) is 0 Å². The molecule has 1 N–H and O–H groups in total. The smallest absolute Gasteiger partial charge is 0.0717 e. The first-order valence-electron chi connectivity index (χ1n) is 7.24. The Balaban J connectivity index is 1.68. The van der Waals surface area contributed by atoms with Crippen LogP contribution in [0.4, 0.5) is 0 Å². The molecule has 0 heterocycles. The monoisotopic (exact) mass is 247 g/mol. The van der Waals surface area contributed by atoms with E-state index < -0.39 is 0 Å². The summed E-state index contributed by atoms with van der Waals surface area (Å²) < 4.78 is 5.81. The second-order valence-electron chi connectivity index (χ2n) is 5.26. The van der Waals surface area contributed by atoms with Crippen molar-refractivity contribution in [2.24, 2.45) is 5.92 Å². The van der Waals surface area contributed by atoms with Crippen LogP contribution in [-0.2, 0) is 17.9 Å². The highest BCUT2D eigenvalue weighted by Crippen LogP contribution is 2.24. The lowest BCUT2D eigenvalue weighted by atomic mass is 10.1. The van der Waals surface area contributed by atoms with Gasteiger partial charge in [0.1, 0.15) is 0 Å². The predicted molar refractivity (Wildman–Crippen MR) is 75.4 cm³/mol. The van der Waals surface area contributed by atoms with Crippen molar-refractivity contribution in [2.45, 2.75) is 45.8 Å². The van der Waals surface area contributed by atoms with Crippen molar-refractivity contribution in [3.63, 3.8) is 0 Å². The van der Waals surface area contributed by atoms with Crippen LogP contribution in [0.2, 0.25) is 0 Å². The van der Waals surface area contributed by atoms with Gasteiger partial charge in [0.2, 0.25) is 0 Å². The third kappa shape index (κ3) is 4.43. The van der Waals surface area contributed by atoms with Crippen LogP contribution < -0.4 is 5.32 Å². The van der Waals surface area contributed by atoms with Crippen LogP contribution in [-0.4, -0.2) is 13.2 Å². The lowest BCUT2D eigenvalue weighted by molar-refractivity contribution is 0.0889. The molecule has 1 aliphatic rings. The van der Waals surface area contributed by atoms with Gasteiger partial charge in [-0.3, -0.25) is 0 Å². The summed E-state index contributed by atoms with van der Waals surface area (Å²) in [6, 6.07) is 8.75. The third-order valence-electron chi connectivity index (χ3n) is 3.70. The minimum Gasteiger partial charge on any atom is -0.376 e. The first-order chi connectivity index (χ1) is 8.88. The molecule has 0 aliphatic heterocycles. The fourth-order valence-corrected chi connectivity index (χ4v) is 2.54. The molecule has 0 saturated heterocycles. The van der Waals surface area contributed by atoms with Gasteiger partial charge in [0.25, 0.3) is 0 Å². The Labute approximate surface area is 111 Å². The summed E-state index contributed by atoms with van der Waals surface area (Å²) in [7, 11) is 0. The van der Waals surface area contributed by atoms with Crippen LogP contribution in [0.5, 0.6) is 0 Å². The second-order valence-corrected chi connectivity index (χ2v) is 5.26. The van der Waals surface area contributed by atoms with Crippen molar-refractivity contribution in [1.82, 2.24) is 5.32 Å². The first-order valence-corrected chi connectivity index (χ1v) is 7.24. The van der Waals surface area contributed by atoms with Crippen LogP contribution in [0, 0.1) is 5.92 Å². The maximum atomic E-state index is 5.81. The fraction of sp³-hybridized carbons (Fsp3) is 0.625. The summed E-state index contributed by atoms with van der Waals surface area (Å²) in [4.78, 5) is 0. The van der Waals surface area contributed by atoms with Crippen molar-refractivity contribution in [2.75, 3.05) is 13.2 Å². The SMILES string of the molecule is CCNCc1ccc(COCC2CCCC2)cc1. The van der Waals surface area contributed by atoms with Crippen molar-refractivity contribution in [1.29, 1.82) is 0 Å². The average Bonchev–Trinajstić information content (AvgIpc) is 2.91. The van der Waals surface area contributed by atoms with E-state index in [2.05, 4.69) is 36.5 Å². The van der Waals surface area contributed by atoms with Crippen LogP contribution in [0.1, 0.15) is 43.7 Å². The molecule has 18 heavy (non-hydrogen) atoms. The predicted octanol–water partition coefficient (Wildman–Crippen LogP) is 3.50. The van der Waals surface area contributed by atoms with E-state index in [0.717, 1.165) is 32.2 Å². The molecule has 0 atom stereocenters. The van der Waals surface area contributed by atoms with Crippen LogP contribution >= 0.6 is 0 Å². The molecule has 2 nitrogen and oxygen atoms in total. The molecule has 0 bridgehead atoms. The zero-order valence-corrected chi connectivity index (χ0v) is 11.5. The van der Waals surface area contributed by atoms with Gasteiger partial charge in [0.05, 0.1) is 6.61 Å². The third-order valence-corrected chi connectivity index (χ3v) is 3.70. The lowest BCUT2D eigenvalue weighted by Crippen LogP contribution is -2.11. The quantitative estimate of drug-likeness (QED) is 0.796. The van der Waals surface area contributed by atoms with Crippen LogP contribution in [0.25, 0.3) is 0 Å². The van der Waals surface area contributed by atoms with E-state index in [1.165, 1.54) is 36.8 Å². The van der Waals surface area contributed by atoms with E-state index in [9.17, 15) is 0 Å². The highest BCUT2D eigenvalue weighted by atomic mass is 16.5. The zero-order valence-electron chi connectivity index (χ0n) is 11.5. The summed E-state index contributed by atoms with van der Waals surface area (Å²) in [6.07, 6.45) is 5.52. The van der Waals surface area contributed by atoms with E-state index >= 15 is 0 Å². The molecule has 100 valence electrons. The summed E-state index contributed by atoms with van der Waals surface area (Å²) in [5.41, 5.74) is 2.63. The maximum absolute atomic E-state index is 5.81. The van der Waals surface area contributed by atoms with Crippen molar-refractivity contribution in [3.8, 4) is 0 Å². The normalized spacial score (nSPS) is 16.3. The molecule has 2 rings (SSSR count). The lowest BCUT2D eigenvalue weighted by Gasteiger charge is -2.10. The molecular formula is C16H25NO. The Hall–Kier alpha value is -0.860. The van der Waals surface area contributed by atoms with Gasteiger partial charge >= 0.3 is 0 Å². The maximum Gasteiger partial charge on any atom is 0.0717 e. The molecule has 0 aromatic heterocycles. The molecule has 1 fully saturated rings. The van der Waals surface area contributed by atoms with Crippen molar-refractivity contribution >= 4 is 0 Å². The standard InChI is InChI=1S/C16H25NO/c1-2-17-11-14-7-9-16(10-8-14)13-18-12-15-5-3-4-6-15/h7-10,15,17H,2-6,11-13H2,1H3. The molecule has 0 amide bonds. The number of hydrogen-bond donors (Lipinski definition) is 1. The van der Waals surface area contributed by atoms with E-state index in [-0.39, 0.29) is 0 Å². The minimum atomic E-state index is 0.762.